The van der Waals surface area contributed by atoms with Crippen LogP contribution in [0.2, 0.25) is 0 Å². The molecule has 0 amide bonds. The number of rotatable bonds is 1. The number of halogens is 9. The maximum Gasteiger partial charge on any atom is 0.200 e. The largest absolute Gasteiger partial charge is 0.868 e. The molecule has 2 aromatic rings. The van der Waals surface area contributed by atoms with Crippen molar-refractivity contribution in [2.24, 2.45) is 0 Å². The SMILES string of the molecule is [O-]c1c(F)c(F)c(-c2c(F)c(F)c(F)c(F)c2F)c(F)c1F. The lowest BCUT2D eigenvalue weighted by atomic mass is 10.0. The molecule has 0 aromatic heterocycles. The Morgan fingerprint density at radius 2 is 0.591 bits per heavy atom. The van der Waals surface area contributed by atoms with Crippen LogP contribution in [-0.2, 0) is 0 Å². The Hall–Kier alpha value is -2.39. The zero-order chi connectivity index (χ0) is 16.9. The quantitative estimate of drug-likeness (QED) is 0.444. The van der Waals surface area contributed by atoms with Crippen LogP contribution in [0.15, 0.2) is 0 Å². The second-order valence-electron chi connectivity index (χ2n) is 3.90. The third-order valence-corrected chi connectivity index (χ3v) is 2.68. The first kappa shape index (κ1) is 16.0. The van der Waals surface area contributed by atoms with E-state index in [0.29, 0.717) is 0 Å². The molecule has 0 saturated heterocycles. The average molecular weight is 331 g/mol. The minimum Gasteiger partial charge on any atom is -0.868 e. The maximum absolute atomic E-state index is 13.5. The minimum atomic E-state index is -2.67. The lowest BCUT2D eigenvalue weighted by Gasteiger charge is -2.16. The molecular formula is C12F9O-. The van der Waals surface area contributed by atoms with Crippen LogP contribution in [0.4, 0.5) is 39.5 Å². The summed E-state index contributed by atoms with van der Waals surface area (Å²) in [5.41, 5.74) is -4.45. The molecule has 1 nitrogen and oxygen atoms in total. The van der Waals surface area contributed by atoms with Crippen LogP contribution in [0.5, 0.6) is 5.75 Å². The van der Waals surface area contributed by atoms with E-state index in [1.807, 2.05) is 0 Å². The second-order valence-corrected chi connectivity index (χ2v) is 3.90. The van der Waals surface area contributed by atoms with Crippen molar-refractivity contribution in [1.29, 1.82) is 0 Å². The molecule has 0 N–H and O–H groups in total. The Bertz CT molecular complexity index is 675. The van der Waals surface area contributed by atoms with Gasteiger partial charge in [0.2, 0.25) is 5.82 Å². The molecule has 0 spiro atoms. The van der Waals surface area contributed by atoms with Crippen LogP contribution in [0.3, 0.4) is 0 Å². The van der Waals surface area contributed by atoms with E-state index in [-0.39, 0.29) is 0 Å². The number of hydrogen-bond donors (Lipinski definition) is 0. The van der Waals surface area contributed by atoms with Crippen molar-refractivity contribution >= 4 is 0 Å². The minimum absolute atomic E-state index is 2.22. The van der Waals surface area contributed by atoms with Gasteiger partial charge in [-0.05, 0) is 5.75 Å². The smallest absolute Gasteiger partial charge is 0.200 e. The molecule has 0 atom stereocenters. The molecule has 0 aliphatic rings. The number of hydrogen-bond acceptors (Lipinski definition) is 1. The topological polar surface area (TPSA) is 23.1 Å². The predicted octanol–water partition coefficient (Wildman–Crippen LogP) is 3.68. The summed E-state index contributed by atoms with van der Waals surface area (Å²) in [5, 5.41) is 10.7. The van der Waals surface area contributed by atoms with Crippen molar-refractivity contribution in [3.05, 3.63) is 52.4 Å². The summed E-state index contributed by atoms with van der Waals surface area (Å²) in [6.45, 7) is 0. The Labute approximate surface area is 115 Å². The fraction of sp³-hybridized carbons (Fsp3) is 0. The van der Waals surface area contributed by atoms with E-state index in [1.165, 1.54) is 0 Å². The van der Waals surface area contributed by atoms with Gasteiger partial charge < -0.3 is 5.11 Å². The van der Waals surface area contributed by atoms with Gasteiger partial charge in [0.25, 0.3) is 0 Å². The van der Waals surface area contributed by atoms with Gasteiger partial charge in [-0.2, -0.15) is 0 Å². The van der Waals surface area contributed by atoms with Crippen LogP contribution < -0.4 is 5.11 Å². The average Bonchev–Trinajstić information content (AvgIpc) is 2.50. The molecule has 10 heteroatoms. The standard InChI is InChI=1S/C12HF9O/c13-3-1(4(14)8(18)9(19)7(3)17)2-5(15)10(20)12(22)11(21)6(2)16/h22H/p-1. The van der Waals surface area contributed by atoms with Crippen molar-refractivity contribution in [2.75, 3.05) is 0 Å². The van der Waals surface area contributed by atoms with Crippen molar-refractivity contribution in [3.63, 3.8) is 0 Å². The summed E-state index contributed by atoms with van der Waals surface area (Å²) in [6.07, 6.45) is 0. The fourth-order valence-corrected chi connectivity index (χ4v) is 1.66. The van der Waals surface area contributed by atoms with E-state index in [2.05, 4.69) is 0 Å². The molecule has 0 aliphatic carbocycles. The van der Waals surface area contributed by atoms with Gasteiger partial charge in [0.15, 0.2) is 46.5 Å². The highest BCUT2D eigenvalue weighted by atomic mass is 19.2. The Kier molecular flexibility index (Phi) is 3.71. The van der Waals surface area contributed by atoms with E-state index >= 15 is 0 Å². The van der Waals surface area contributed by atoms with Gasteiger partial charge in [-0.1, -0.05) is 0 Å². The zero-order valence-electron chi connectivity index (χ0n) is 9.81. The van der Waals surface area contributed by atoms with Crippen LogP contribution >= 0.6 is 0 Å². The summed E-state index contributed by atoms with van der Waals surface area (Å²) >= 11 is 0. The monoisotopic (exact) mass is 331 g/mol. The summed E-state index contributed by atoms with van der Waals surface area (Å²) in [7, 11) is 0. The Balaban J connectivity index is 3.03. The van der Waals surface area contributed by atoms with E-state index < -0.39 is 69.2 Å². The van der Waals surface area contributed by atoms with Crippen molar-refractivity contribution < 1.29 is 44.6 Å². The molecule has 0 heterocycles. The molecular weight excluding hydrogens is 331 g/mol. The molecule has 0 unspecified atom stereocenters. The fourth-order valence-electron chi connectivity index (χ4n) is 1.66. The van der Waals surface area contributed by atoms with Gasteiger partial charge in [-0.3, -0.25) is 0 Å². The van der Waals surface area contributed by atoms with E-state index in [4.69, 9.17) is 0 Å². The van der Waals surface area contributed by atoms with E-state index in [9.17, 15) is 44.6 Å². The van der Waals surface area contributed by atoms with Crippen LogP contribution in [0.1, 0.15) is 0 Å². The Morgan fingerprint density at radius 1 is 0.364 bits per heavy atom. The molecule has 0 fully saturated rings. The molecule has 0 saturated carbocycles. The van der Waals surface area contributed by atoms with Gasteiger partial charge in [0.05, 0.1) is 11.1 Å². The van der Waals surface area contributed by atoms with Crippen LogP contribution in [0, 0.1) is 52.4 Å². The lowest BCUT2D eigenvalue weighted by Crippen LogP contribution is -2.11. The molecule has 0 bridgehead atoms. The molecule has 22 heavy (non-hydrogen) atoms. The van der Waals surface area contributed by atoms with Gasteiger partial charge >= 0.3 is 0 Å². The molecule has 2 rings (SSSR count). The highest BCUT2D eigenvalue weighted by Crippen LogP contribution is 2.38. The highest BCUT2D eigenvalue weighted by Gasteiger charge is 2.32. The summed E-state index contributed by atoms with van der Waals surface area (Å²) in [5.74, 6) is -26.0. The summed E-state index contributed by atoms with van der Waals surface area (Å²) in [4.78, 5) is 0. The zero-order valence-corrected chi connectivity index (χ0v) is 9.81. The Morgan fingerprint density at radius 3 is 0.909 bits per heavy atom. The van der Waals surface area contributed by atoms with Gasteiger partial charge in [0.1, 0.15) is 0 Å². The third-order valence-electron chi connectivity index (χ3n) is 2.68. The second kappa shape index (κ2) is 5.11. The van der Waals surface area contributed by atoms with Crippen LogP contribution in [0.25, 0.3) is 11.1 Å². The maximum atomic E-state index is 13.5. The molecule has 2 aromatic carbocycles. The van der Waals surface area contributed by atoms with Crippen LogP contribution in [-0.4, -0.2) is 0 Å². The third kappa shape index (κ3) is 1.97. The van der Waals surface area contributed by atoms with E-state index in [1.54, 1.807) is 0 Å². The highest BCUT2D eigenvalue weighted by molar-refractivity contribution is 5.68. The first-order chi connectivity index (χ1) is 10.1. The molecule has 0 radical (unpaired) electrons. The summed E-state index contributed by atoms with van der Waals surface area (Å²) < 4.78 is 119. The normalized spacial score (nSPS) is 11.1. The summed E-state index contributed by atoms with van der Waals surface area (Å²) in [6, 6.07) is 0. The molecule has 0 aliphatic heterocycles. The number of benzene rings is 2. The van der Waals surface area contributed by atoms with Gasteiger partial charge in [0, 0.05) is 0 Å². The van der Waals surface area contributed by atoms with Gasteiger partial charge in [-0.25, -0.2) is 39.5 Å². The lowest BCUT2D eigenvalue weighted by molar-refractivity contribution is -0.277. The van der Waals surface area contributed by atoms with E-state index in [0.717, 1.165) is 0 Å². The van der Waals surface area contributed by atoms with Crippen molar-refractivity contribution in [1.82, 2.24) is 0 Å². The van der Waals surface area contributed by atoms with Crippen molar-refractivity contribution in [2.45, 2.75) is 0 Å². The first-order valence-corrected chi connectivity index (χ1v) is 5.15. The molecule has 118 valence electrons. The first-order valence-electron chi connectivity index (χ1n) is 5.15. The predicted molar refractivity (Wildman–Crippen MR) is 50.9 cm³/mol. The van der Waals surface area contributed by atoms with Gasteiger partial charge in [-0.15, -0.1) is 0 Å². The van der Waals surface area contributed by atoms with Crippen molar-refractivity contribution in [3.8, 4) is 16.9 Å².